The van der Waals surface area contributed by atoms with E-state index in [4.69, 9.17) is 11.6 Å². The van der Waals surface area contributed by atoms with E-state index in [1.54, 1.807) is 29.8 Å². The molecule has 3 heterocycles. The fraction of sp³-hybridized carbons (Fsp3) is 0.318. The smallest absolute Gasteiger partial charge is 0.274 e. The van der Waals surface area contributed by atoms with Crippen molar-refractivity contribution in [3.8, 4) is 0 Å². The van der Waals surface area contributed by atoms with Gasteiger partial charge >= 0.3 is 0 Å². The number of hydrogen-bond acceptors (Lipinski definition) is 8. The molecule has 2 N–H and O–H groups in total. The van der Waals surface area contributed by atoms with Crippen LogP contribution in [-0.4, -0.2) is 59.8 Å². The van der Waals surface area contributed by atoms with E-state index < -0.39 is 10.0 Å². The molecule has 0 amide bonds. The first-order valence-electron chi connectivity index (χ1n) is 10.6. The molecule has 0 radical (unpaired) electrons. The second-order valence-corrected chi connectivity index (χ2v) is 10.8. The second kappa shape index (κ2) is 9.34. The van der Waals surface area contributed by atoms with Crippen molar-refractivity contribution in [3.05, 3.63) is 63.2 Å². The van der Waals surface area contributed by atoms with Crippen molar-refractivity contribution in [3.63, 3.8) is 0 Å². The number of nitrogens with zero attached hydrogens (tertiary/aromatic N) is 5. The molecule has 1 aromatic carbocycles. The number of hydrogen-bond donors (Lipinski definition) is 2. The second-order valence-electron chi connectivity index (χ2n) is 8.31. The number of nitrogens with one attached hydrogen (secondary N) is 2. The van der Waals surface area contributed by atoms with Crippen LogP contribution in [0, 0.1) is 0 Å². The quantitative estimate of drug-likeness (QED) is 0.527. The van der Waals surface area contributed by atoms with E-state index in [1.165, 1.54) is 26.4 Å². The minimum Gasteiger partial charge on any atom is -0.338 e. The molecule has 2 aromatic heterocycles. The maximum absolute atomic E-state index is 12.9. The molecule has 0 fully saturated rings. The molecule has 180 valence electrons. The van der Waals surface area contributed by atoms with Crippen LogP contribution >= 0.6 is 11.6 Å². The van der Waals surface area contributed by atoms with E-state index in [1.807, 2.05) is 13.1 Å². The van der Waals surface area contributed by atoms with Gasteiger partial charge < -0.3 is 20.1 Å². The van der Waals surface area contributed by atoms with Crippen molar-refractivity contribution in [2.75, 3.05) is 38.3 Å². The molecule has 4 rings (SSSR count). The zero-order valence-corrected chi connectivity index (χ0v) is 20.9. The van der Waals surface area contributed by atoms with Crippen molar-refractivity contribution in [2.45, 2.75) is 17.9 Å². The van der Waals surface area contributed by atoms with Crippen LogP contribution in [0.5, 0.6) is 0 Å². The van der Waals surface area contributed by atoms with Gasteiger partial charge in [0, 0.05) is 46.3 Å². The summed E-state index contributed by atoms with van der Waals surface area (Å²) >= 11 is 6.30. The van der Waals surface area contributed by atoms with Gasteiger partial charge in [-0.05, 0) is 30.8 Å². The fourth-order valence-electron chi connectivity index (χ4n) is 3.81. The SMILES string of the molecule is CN1CCc2c(cc(Nc3ncc(Cl)c(Nc4ccccc4S(=O)(=O)N(C)C)n3)c(=O)n2C)C1. The normalized spacial score (nSPS) is 14.2. The van der Waals surface area contributed by atoms with Crippen LogP contribution in [0.15, 0.2) is 46.2 Å². The van der Waals surface area contributed by atoms with Crippen LogP contribution in [0.3, 0.4) is 0 Å². The Morgan fingerprint density at radius 3 is 2.59 bits per heavy atom. The van der Waals surface area contributed by atoms with E-state index in [9.17, 15) is 13.2 Å². The predicted molar refractivity (Wildman–Crippen MR) is 133 cm³/mol. The van der Waals surface area contributed by atoms with Gasteiger partial charge in [0.05, 0.1) is 11.9 Å². The van der Waals surface area contributed by atoms with Gasteiger partial charge in [-0.25, -0.2) is 17.7 Å². The lowest BCUT2D eigenvalue weighted by Gasteiger charge is -2.27. The summed E-state index contributed by atoms with van der Waals surface area (Å²) in [6.45, 7) is 1.64. The van der Waals surface area contributed by atoms with E-state index in [0.29, 0.717) is 11.4 Å². The molecule has 0 spiro atoms. The first-order chi connectivity index (χ1) is 16.1. The molecular formula is C22H26ClN7O3S. The number of halogens is 1. The van der Waals surface area contributed by atoms with Crippen LogP contribution in [0.25, 0.3) is 0 Å². The molecule has 34 heavy (non-hydrogen) atoms. The van der Waals surface area contributed by atoms with Crippen molar-refractivity contribution < 1.29 is 8.42 Å². The molecule has 0 atom stereocenters. The molecule has 10 nitrogen and oxygen atoms in total. The van der Waals surface area contributed by atoms with Crippen LogP contribution in [0.2, 0.25) is 5.02 Å². The highest BCUT2D eigenvalue weighted by atomic mass is 35.5. The zero-order valence-electron chi connectivity index (χ0n) is 19.3. The number of anilines is 4. The number of sulfonamides is 1. The average Bonchev–Trinajstić information content (AvgIpc) is 2.79. The molecule has 12 heteroatoms. The summed E-state index contributed by atoms with van der Waals surface area (Å²) in [5.74, 6) is 0.358. The third kappa shape index (κ3) is 4.64. The molecule has 0 unspecified atom stereocenters. The van der Waals surface area contributed by atoms with Gasteiger partial charge in [0.2, 0.25) is 16.0 Å². The fourth-order valence-corrected chi connectivity index (χ4v) is 4.99. The number of fused-ring (bicyclic) bond motifs is 1. The lowest BCUT2D eigenvalue weighted by molar-refractivity contribution is 0.306. The van der Waals surface area contributed by atoms with Gasteiger partial charge in [-0.3, -0.25) is 4.79 Å². The average molecular weight is 504 g/mol. The minimum atomic E-state index is -3.70. The first kappa shape index (κ1) is 24.1. The Kier molecular flexibility index (Phi) is 6.63. The number of benzene rings is 1. The standard InChI is InChI=1S/C22H26ClN7O3S/c1-28(2)34(32,33)19-8-6-5-7-16(19)25-20-15(23)12-24-22(27-20)26-17-11-14-13-29(3)10-9-18(14)30(4)21(17)31/h5-8,11-12H,9-10,13H2,1-4H3,(H2,24,25,26,27). The molecule has 0 aliphatic carbocycles. The largest absolute Gasteiger partial charge is 0.338 e. The summed E-state index contributed by atoms with van der Waals surface area (Å²) in [5, 5.41) is 6.18. The minimum absolute atomic E-state index is 0.0804. The Balaban J connectivity index is 1.68. The van der Waals surface area contributed by atoms with E-state index >= 15 is 0 Å². The summed E-state index contributed by atoms with van der Waals surface area (Å²) in [5.41, 5.74) is 2.56. The number of para-hydroxylation sites is 1. The zero-order chi connectivity index (χ0) is 24.6. The topological polar surface area (TPSA) is 112 Å². The van der Waals surface area contributed by atoms with Crippen molar-refractivity contribution >= 4 is 44.8 Å². The van der Waals surface area contributed by atoms with Gasteiger partial charge in [0.15, 0.2) is 5.82 Å². The van der Waals surface area contributed by atoms with E-state index in [0.717, 1.165) is 35.1 Å². The summed E-state index contributed by atoms with van der Waals surface area (Å²) in [7, 11) is 3.02. The van der Waals surface area contributed by atoms with Crippen molar-refractivity contribution in [1.29, 1.82) is 0 Å². The maximum Gasteiger partial charge on any atom is 0.274 e. The highest BCUT2D eigenvalue weighted by Gasteiger charge is 2.22. The van der Waals surface area contributed by atoms with Crippen LogP contribution in [0.1, 0.15) is 11.3 Å². The lowest BCUT2D eigenvalue weighted by atomic mass is 10.1. The van der Waals surface area contributed by atoms with Gasteiger partial charge in [0.25, 0.3) is 5.56 Å². The van der Waals surface area contributed by atoms with Gasteiger partial charge in [-0.2, -0.15) is 4.98 Å². The molecule has 0 bridgehead atoms. The molecule has 0 saturated heterocycles. The Labute approximate surface area is 203 Å². The molecule has 1 aliphatic heterocycles. The lowest BCUT2D eigenvalue weighted by Crippen LogP contribution is -2.33. The monoisotopic (exact) mass is 503 g/mol. The van der Waals surface area contributed by atoms with E-state index in [-0.39, 0.29) is 27.2 Å². The summed E-state index contributed by atoms with van der Waals surface area (Å²) in [6.07, 6.45) is 2.19. The Morgan fingerprint density at radius 1 is 1.12 bits per heavy atom. The Hall–Kier alpha value is -2.99. The Bertz CT molecular complexity index is 1410. The third-order valence-corrected chi connectivity index (χ3v) is 7.84. The Morgan fingerprint density at radius 2 is 1.85 bits per heavy atom. The van der Waals surface area contributed by atoms with Crippen LogP contribution in [0.4, 0.5) is 23.1 Å². The van der Waals surface area contributed by atoms with Gasteiger partial charge in [0.1, 0.15) is 15.6 Å². The third-order valence-electron chi connectivity index (χ3n) is 5.69. The maximum atomic E-state index is 12.9. The number of likely N-dealkylation sites (N-methyl/N-ethyl adjacent to an activating group) is 1. The number of pyridine rings is 1. The molecule has 1 aliphatic rings. The van der Waals surface area contributed by atoms with Crippen LogP contribution < -0.4 is 16.2 Å². The van der Waals surface area contributed by atoms with Crippen molar-refractivity contribution in [1.82, 2.24) is 23.7 Å². The van der Waals surface area contributed by atoms with Crippen molar-refractivity contribution in [2.24, 2.45) is 7.05 Å². The summed E-state index contributed by atoms with van der Waals surface area (Å²) in [6, 6.07) is 8.30. The number of aromatic nitrogens is 3. The van der Waals surface area contributed by atoms with Crippen LogP contribution in [-0.2, 0) is 30.0 Å². The van der Waals surface area contributed by atoms with Gasteiger partial charge in [-0.15, -0.1) is 0 Å². The highest BCUT2D eigenvalue weighted by Crippen LogP contribution is 2.30. The molecule has 0 saturated carbocycles. The first-order valence-corrected chi connectivity index (χ1v) is 12.4. The molecule has 3 aromatic rings. The predicted octanol–water partition coefficient (Wildman–Crippen LogP) is 2.55. The van der Waals surface area contributed by atoms with Gasteiger partial charge in [-0.1, -0.05) is 23.7 Å². The van der Waals surface area contributed by atoms with E-state index in [2.05, 4.69) is 25.5 Å². The summed E-state index contributed by atoms with van der Waals surface area (Å²) < 4.78 is 28.2. The number of rotatable bonds is 6. The molecular weight excluding hydrogens is 478 g/mol. The summed E-state index contributed by atoms with van der Waals surface area (Å²) in [4.78, 5) is 23.8. The highest BCUT2D eigenvalue weighted by molar-refractivity contribution is 7.89.